The summed E-state index contributed by atoms with van der Waals surface area (Å²) in [6.45, 7) is 3.74. The van der Waals surface area contributed by atoms with Crippen LogP contribution in [0.1, 0.15) is 24.2 Å². The van der Waals surface area contributed by atoms with Crippen LogP contribution in [0.5, 0.6) is 0 Å². The van der Waals surface area contributed by atoms with Crippen molar-refractivity contribution in [2.45, 2.75) is 26.4 Å². The first-order chi connectivity index (χ1) is 12.8. The van der Waals surface area contributed by atoms with E-state index in [4.69, 9.17) is 11.6 Å². The summed E-state index contributed by atoms with van der Waals surface area (Å²) < 4.78 is 2.98. The third-order valence-corrected chi connectivity index (χ3v) is 4.40. The topological polar surface area (TPSA) is 108 Å². The lowest BCUT2D eigenvalue weighted by Gasteiger charge is -2.10. The van der Waals surface area contributed by atoms with E-state index < -0.39 is 11.0 Å². The normalized spacial score (nSPS) is 12.0. The highest BCUT2D eigenvalue weighted by molar-refractivity contribution is 6.31. The van der Waals surface area contributed by atoms with Gasteiger partial charge in [0.2, 0.25) is 0 Å². The summed E-state index contributed by atoms with van der Waals surface area (Å²) in [4.78, 5) is 22.7. The average Bonchev–Trinajstić information content (AvgIpc) is 3.23. The Morgan fingerprint density at radius 3 is 2.81 bits per heavy atom. The summed E-state index contributed by atoms with van der Waals surface area (Å²) in [6, 6.07) is 8.05. The Kier molecular flexibility index (Phi) is 5.22. The molecule has 1 unspecified atom stereocenters. The zero-order valence-corrected chi connectivity index (χ0v) is 15.4. The molecule has 0 saturated heterocycles. The van der Waals surface area contributed by atoms with Crippen molar-refractivity contribution in [3.8, 4) is 0 Å². The van der Waals surface area contributed by atoms with Crippen LogP contribution in [-0.4, -0.2) is 30.4 Å². The number of amides is 1. The van der Waals surface area contributed by atoms with Crippen molar-refractivity contribution >= 4 is 29.0 Å². The zero-order chi connectivity index (χ0) is 19.6. The quantitative estimate of drug-likeness (QED) is 0.515. The molecule has 1 atom stereocenters. The van der Waals surface area contributed by atoms with Gasteiger partial charge in [0.25, 0.3) is 5.91 Å². The van der Waals surface area contributed by atoms with E-state index in [2.05, 4.69) is 15.5 Å². The summed E-state index contributed by atoms with van der Waals surface area (Å²) in [5.41, 5.74) is 1.95. The lowest BCUT2D eigenvalue weighted by atomic mass is 10.2. The minimum Gasteiger partial charge on any atom is -0.358 e. The van der Waals surface area contributed by atoms with Gasteiger partial charge < -0.3 is 15.4 Å². The Morgan fingerprint density at radius 2 is 2.15 bits per heavy atom. The number of aromatic nitrogens is 4. The number of hydrogen-bond acceptors (Lipinski definition) is 5. The number of nitrogens with zero attached hydrogens (tertiary/aromatic N) is 5. The van der Waals surface area contributed by atoms with E-state index >= 15 is 0 Å². The molecule has 1 amide bonds. The fraction of sp³-hybridized carbons (Fsp3) is 0.235. The van der Waals surface area contributed by atoms with Crippen molar-refractivity contribution in [1.29, 1.82) is 0 Å². The molecule has 140 valence electrons. The van der Waals surface area contributed by atoms with Crippen molar-refractivity contribution in [3.05, 3.63) is 69.1 Å². The predicted molar refractivity (Wildman–Crippen MR) is 99.7 cm³/mol. The van der Waals surface area contributed by atoms with Gasteiger partial charge in [-0.1, -0.05) is 29.8 Å². The first kappa shape index (κ1) is 18.6. The number of carbonyl (C=O) groups is 1. The molecule has 0 aliphatic carbocycles. The van der Waals surface area contributed by atoms with Crippen LogP contribution in [0.4, 0.5) is 11.5 Å². The second-order valence-corrected chi connectivity index (χ2v) is 6.44. The maximum Gasteiger partial charge on any atom is 0.390 e. The zero-order valence-electron chi connectivity index (χ0n) is 14.7. The van der Waals surface area contributed by atoms with Gasteiger partial charge in [0.05, 0.1) is 35.3 Å². The summed E-state index contributed by atoms with van der Waals surface area (Å²) >= 11 is 6.15. The molecule has 10 heteroatoms. The molecule has 2 heterocycles. The number of aryl methyl sites for hydroxylation is 1. The molecular weight excluding hydrogens is 372 g/mol. The number of nitrogens with one attached hydrogen (secondary N) is 1. The van der Waals surface area contributed by atoms with Crippen LogP contribution >= 0.6 is 11.6 Å². The predicted octanol–water partition coefficient (Wildman–Crippen LogP) is 3.20. The Morgan fingerprint density at radius 1 is 1.41 bits per heavy atom. The molecule has 1 aromatic carbocycles. The van der Waals surface area contributed by atoms with Crippen LogP contribution in [0.25, 0.3) is 0 Å². The van der Waals surface area contributed by atoms with Crippen LogP contribution in [0.3, 0.4) is 0 Å². The lowest BCUT2D eigenvalue weighted by Crippen LogP contribution is -2.25. The summed E-state index contributed by atoms with van der Waals surface area (Å²) in [6.07, 6.45) is 3.21. The van der Waals surface area contributed by atoms with Crippen LogP contribution in [0, 0.1) is 17.0 Å². The van der Waals surface area contributed by atoms with Crippen LogP contribution in [0.15, 0.2) is 42.7 Å². The third-order valence-electron chi connectivity index (χ3n) is 4.03. The van der Waals surface area contributed by atoms with E-state index in [0.29, 0.717) is 22.9 Å². The first-order valence-electron chi connectivity index (χ1n) is 8.12. The molecule has 0 aliphatic rings. The Balaban J connectivity index is 1.69. The van der Waals surface area contributed by atoms with Gasteiger partial charge in [0.15, 0.2) is 0 Å². The number of rotatable bonds is 6. The second-order valence-electron chi connectivity index (χ2n) is 6.03. The molecule has 1 N–H and O–H groups in total. The summed E-state index contributed by atoms with van der Waals surface area (Å²) in [5, 5.41) is 22.3. The molecule has 0 aliphatic heterocycles. The third kappa shape index (κ3) is 4.14. The Labute approximate surface area is 159 Å². The first-order valence-corrected chi connectivity index (χ1v) is 8.50. The van der Waals surface area contributed by atoms with E-state index in [1.165, 1.54) is 16.9 Å². The molecule has 0 spiro atoms. The monoisotopic (exact) mass is 388 g/mol. The van der Waals surface area contributed by atoms with Gasteiger partial charge in [-0.3, -0.25) is 9.48 Å². The lowest BCUT2D eigenvalue weighted by molar-refractivity contribution is -0.389. The number of hydrogen-bond donors (Lipinski definition) is 1. The van der Waals surface area contributed by atoms with Gasteiger partial charge in [0, 0.05) is 11.2 Å². The standard InChI is InChI=1S/C17H17ClN6O3/c1-11-7-16(24(26)27)21-23(11)12(2)17(25)20-14-8-19-22(10-14)9-13-5-3-4-6-15(13)18/h3-8,10,12H,9H2,1-2H3,(H,20,25). The maximum absolute atomic E-state index is 12.5. The van der Waals surface area contributed by atoms with E-state index in [9.17, 15) is 14.9 Å². The number of benzene rings is 1. The molecule has 0 radical (unpaired) electrons. The van der Waals surface area contributed by atoms with Gasteiger partial charge >= 0.3 is 5.82 Å². The fourth-order valence-corrected chi connectivity index (χ4v) is 2.82. The van der Waals surface area contributed by atoms with Crippen LogP contribution in [0.2, 0.25) is 5.02 Å². The van der Waals surface area contributed by atoms with Gasteiger partial charge in [-0.05, 0) is 30.4 Å². The molecule has 0 bridgehead atoms. The molecule has 27 heavy (non-hydrogen) atoms. The van der Waals surface area contributed by atoms with Gasteiger partial charge in [-0.25, -0.2) is 0 Å². The largest absolute Gasteiger partial charge is 0.390 e. The molecule has 3 aromatic rings. The van der Waals surface area contributed by atoms with Gasteiger partial charge in [0.1, 0.15) is 6.04 Å². The van der Waals surface area contributed by atoms with Crippen LogP contribution < -0.4 is 5.32 Å². The minimum absolute atomic E-state index is 0.292. The van der Waals surface area contributed by atoms with Crippen molar-refractivity contribution in [3.63, 3.8) is 0 Å². The highest BCUT2D eigenvalue weighted by Gasteiger charge is 2.24. The second kappa shape index (κ2) is 7.58. The van der Waals surface area contributed by atoms with Gasteiger partial charge in [-0.2, -0.15) is 9.78 Å². The molecular formula is C17H17ClN6O3. The van der Waals surface area contributed by atoms with Crippen molar-refractivity contribution in [1.82, 2.24) is 19.6 Å². The average molecular weight is 389 g/mol. The van der Waals surface area contributed by atoms with E-state index in [0.717, 1.165) is 5.56 Å². The van der Waals surface area contributed by atoms with Crippen LogP contribution in [-0.2, 0) is 11.3 Å². The molecule has 3 rings (SSSR count). The van der Waals surface area contributed by atoms with Gasteiger partial charge in [-0.15, -0.1) is 0 Å². The highest BCUT2D eigenvalue weighted by atomic mass is 35.5. The smallest absolute Gasteiger partial charge is 0.358 e. The SMILES string of the molecule is Cc1cc([N+](=O)[O-])nn1C(C)C(=O)Nc1cnn(Cc2ccccc2Cl)c1. The summed E-state index contributed by atoms with van der Waals surface area (Å²) in [5.74, 6) is -0.645. The van der Waals surface area contributed by atoms with E-state index in [1.807, 2.05) is 18.2 Å². The Bertz CT molecular complexity index is 996. The number of halogens is 1. The van der Waals surface area contributed by atoms with E-state index in [-0.39, 0.29) is 11.7 Å². The summed E-state index contributed by atoms with van der Waals surface area (Å²) in [7, 11) is 0. The number of nitro groups is 1. The van der Waals surface area contributed by atoms with Crippen molar-refractivity contribution in [2.24, 2.45) is 0 Å². The highest BCUT2D eigenvalue weighted by Crippen LogP contribution is 2.19. The molecule has 2 aromatic heterocycles. The molecule has 0 fully saturated rings. The fourth-order valence-electron chi connectivity index (χ4n) is 2.63. The minimum atomic E-state index is -0.717. The van der Waals surface area contributed by atoms with Crippen molar-refractivity contribution < 1.29 is 9.72 Å². The maximum atomic E-state index is 12.5. The Hall–Kier alpha value is -3.20. The number of carbonyl (C=O) groups excluding carboxylic acids is 1. The van der Waals surface area contributed by atoms with E-state index in [1.54, 1.807) is 30.8 Å². The van der Waals surface area contributed by atoms with Crippen molar-refractivity contribution in [2.75, 3.05) is 5.32 Å². The molecule has 9 nitrogen and oxygen atoms in total. The number of anilines is 1. The molecule has 0 saturated carbocycles.